The summed E-state index contributed by atoms with van der Waals surface area (Å²) in [6.45, 7) is 1.63. The van der Waals surface area contributed by atoms with Gasteiger partial charge >= 0.3 is 0 Å². The van der Waals surface area contributed by atoms with Crippen LogP contribution in [0.1, 0.15) is 6.92 Å². The van der Waals surface area contributed by atoms with Crippen molar-refractivity contribution < 1.29 is 27.4 Å². The average molecular weight is 423 g/mol. The molecule has 0 aliphatic carbocycles. The van der Waals surface area contributed by atoms with Gasteiger partial charge in [-0.15, -0.1) is 0 Å². The maximum absolute atomic E-state index is 12.4. The summed E-state index contributed by atoms with van der Waals surface area (Å²) in [6, 6.07) is 13.4. The molecule has 8 nitrogen and oxygen atoms in total. The average Bonchev–Trinajstić information content (AvgIpc) is 2.70. The van der Waals surface area contributed by atoms with Gasteiger partial charge in [0.2, 0.25) is 15.9 Å². The molecule has 0 saturated carbocycles. The van der Waals surface area contributed by atoms with Crippen molar-refractivity contribution in [2.24, 2.45) is 0 Å². The van der Waals surface area contributed by atoms with Crippen LogP contribution in [0.5, 0.6) is 17.2 Å². The SMILES string of the molecule is COc1ccc(OCC(C)NC(=O)CN(c2ccccc2OC)S(C)(=O)=O)cc1. The summed E-state index contributed by atoms with van der Waals surface area (Å²) in [4.78, 5) is 12.4. The van der Waals surface area contributed by atoms with Crippen LogP contribution in [0.4, 0.5) is 5.69 Å². The Morgan fingerprint density at radius 3 is 2.24 bits per heavy atom. The summed E-state index contributed by atoms with van der Waals surface area (Å²) in [5, 5.41) is 2.75. The van der Waals surface area contributed by atoms with Gasteiger partial charge in [0.15, 0.2) is 0 Å². The van der Waals surface area contributed by atoms with Gasteiger partial charge in [0.25, 0.3) is 0 Å². The molecular formula is C20H26N2O6S. The fourth-order valence-corrected chi connectivity index (χ4v) is 3.46. The molecule has 0 heterocycles. The van der Waals surface area contributed by atoms with Gasteiger partial charge in [0.1, 0.15) is 30.4 Å². The topological polar surface area (TPSA) is 94.2 Å². The fourth-order valence-electron chi connectivity index (χ4n) is 2.60. The van der Waals surface area contributed by atoms with Gasteiger partial charge < -0.3 is 19.5 Å². The van der Waals surface area contributed by atoms with Gasteiger partial charge in [-0.25, -0.2) is 8.42 Å². The number of amides is 1. The fraction of sp³-hybridized carbons (Fsp3) is 0.350. The molecule has 2 aromatic carbocycles. The predicted molar refractivity (Wildman–Crippen MR) is 111 cm³/mol. The highest BCUT2D eigenvalue weighted by Gasteiger charge is 2.24. The van der Waals surface area contributed by atoms with E-state index in [0.29, 0.717) is 17.2 Å². The van der Waals surface area contributed by atoms with Crippen molar-refractivity contribution in [1.29, 1.82) is 0 Å². The molecule has 0 fully saturated rings. The summed E-state index contributed by atoms with van der Waals surface area (Å²) in [6.07, 6.45) is 1.04. The lowest BCUT2D eigenvalue weighted by atomic mass is 10.3. The lowest BCUT2D eigenvalue weighted by Crippen LogP contribution is -2.45. The van der Waals surface area contributed by atoms with Gasteiger partial charge in [-0.3, -0.25) is 9.10 Å². The highest BCUT2D eigenvalue weighted by Crippen LogP contribution is 2.29. The van der Waals surface area contributed by atoms with E-state index < -0.39 is 15.9 Å². The number of nitrogens with zero attached hydrogens (tertiary/aromatic N) is 1. The third-order valence-corrected chi connectivity index (χ3v) is 5.13. The second-order valence-corrected chi connectivity index (χ2v) is 8.30. The number of para-hydroxylation sites is 2. The van der Waals surface area contributed by atoms with Crippen LogP contribution >= 0.6 is 0 Å². The maximum atomic E-state index is 12.4. The summed E-state index contributed by atoms with van der Waals surface area (Å²) in [5.41, 5.74) is 0.301. The normalized spacial score (nSPS) is 12.0. The van der Waals surface area contributed by atoms with Crippen molar-refractivity contribution in [3.8, 4) is 17.2 Å². The Bertz CT molecular complexity index is 915. The van der Waals surface area contributed by atoms with E-state index in [-0.39, 0.29) is 19.2 Å². The molecule has 1 atom stereocenters. The zero-order chi connectivity index (χ0) is 21.4. The molecule has 9 heteroatoms. The summed E-state index contributed by atoms with van der Waals surface area (Å²) in [5.74, 6) is 1.27. The Morgan fingerprint density at radius 1 is 1.03 bits per heavy atom. The molecule has 2 aromatic rings. The van der Waals surface area contributed by atoms with Crippen LogP contribution < -0.4 is 23.8 Å². The van der Waals surface area contributed by atoms with Crippen LogP contribution in [0.2, 0.25) is 0 Å². The number of carbonyl (C=O) groups is 1. The molecule has 0 aliphatic rings. The zero-order valence-electron chi connectivity index (χ0n) is 16.9. The molecule has 1 amide bonds. The van der Waals surface area contributed by atoms with Crippen LogP contribution in [0.15, 0.2) is 48.5 Å². The Labute approximate surface area is 171 Å². The number of hydrogen-bond acceptors (Lipinski definition) is 6. The molecule has 0 aromatic heterocycles. The number of carbonyl (C=O) groups excluding carboxylic acids is 1. The van der Waals surface area contributed by atoms with Crippen molar-refractivity contribution in [2.75, 3.05) is 37.9 Å². The van der Waals surface area contributed by atoms with Gasteiger partial charge in [0.05, 0.1) is 32.2 Å². The van der Waals surface area contributed by atoms with Gasteiger partial charge in [-0.05, 0) is 43.3 Å². The minimum Gasteiger partial charge on any atom is -0.497 e. The monoisotopic (exact) mass is 422 g/mol. The molecule has 0 aliphatic heterocycles. The number of benzene rings is 2. The Balaban J connectivity index is 1.98. The summed E-state index contributed by atoms with van der Waals surface area (Å²) < 4.78 is 41.4. The number of nitrogens with one attached hydrogen (secondary N) is 1. The number of sulfonamides is 1. The Hall–Kier alpha value is -2.94. The molecule has 1 unspecified atom stereocenters. The number of hydrogen-bond donors (Lipinski definition) is 1. The van der Waals surface area contributed by atoms with E-state index >= 15 is 0 Å². The Morgan fingerprint density at radius 2 is 1.66 bits per heavy atom. The molecule has 158 valence electrons. The van der Waals surface area contributed by atoms with Crippen molar-refractivity contribution in [2.45, 2.75) is 13.0 Å². The van der Waals surface area contributed by atoms with E-state index in [0.717, 1.165) is 16.3 Å². The van der Waals surface area contributed by atoms with Gasteiger partial charge in [0, 0.05) is 0 Å². The molecule has 2 rings (SSSR count). The minimum atomic E-state index is -3.69. The third-order valence-electron chi connectivity index (χ3n) is 4.01. The van der Waals surface area contributed by atoms with E-state index in [2.05, 4.69) is 5.32 Å². The highest BCUT2D eigenvalue weighted by atomic mass is 32.2. The highest BCUT2D eigenvalue weighted by molar-refractivity contribution is 7.92. The molecule has 29 heavy (non-hydrogen) atoms. The largest absolute Gasteiger partial charge is 0.497 e. The molecule has 0 saturated heterocycles. The smallest absolute Gasteiger partial charge is 0.241 e. The summed E-state index contributed by atoms with van der Waals surface area (Å²) >= 11 is 0. The van der Waals surface area contributed by atoms with Gasteiger partial charge in [-0.2, -0.15) is 0 Å². The second kappa shape index (κ2) is 10.0. The number of methoxy groups -OCH3 is 2. The molecular weight excluding hydrogens is 396 g/mol. The van der Waals surface area contributed by atoms with E-state index in [1.165, 1.54) is 7.11 Å². The Kier molecular flexibility index (Phi) is 7.72. The second-order valence-electron chi connectivity index (χ2n) is 6.40. The first-order valence-corrected chi connectivity index (χ1v) is 10.8. The van der Waals surface area contributed by atoms with E-state index in [1.54, 1.807) is 62.6 Å². The van der Waals surface area contributed by atoms with E-state index in [1.807, 2.05) is 0 Å². The van der Waals surface area contributed by atoms with Crippen molar-refractivity contribution in [3.63, 3.8) is 0 Å². The van der Waals surface area contributed by atoms with Crippen LogP contribution in [0.3, 0.4) is 0 Å². The first kappa shape index (κ1) is 22.4. The first-order chi connectivity index (χ1) is 13.7. The van der Waals surface area contributed by atoms with Crippen LogP contribution in [0, 0.1) is 0 Å². The standard InChI is InChI=1S/C20H26N2O6S/c1-15(14-28-17-11-9-16(26-2)10-12-17)21-20(23)13-22(29(4,24)25)18-7-5-6-8-19(18)27-3/h5-12,15H,13-14H2,1-4H3,(H,21,23). The summed E-state index contributed by atoms with van der Waals surface area (Å²) in [7, 11) is -0.670. The van der Waals surface area contributed by atoms with E-state index in [4.69, 9.17) is 14.2 Å². The maximum Gasteiger partial charge on any atom is 0.241 e. The van der Waals surface area contributed by atoms with Crippen LogP contribution in [0.25, 0.3) is 0 Å². The zero-order valence-corrected chi connectivity index (χ0v) is 17.7. The lowest BCUT2D eigenvalue weighted by molar-refractivity contribution is -0.120. The quantitative estimate of drug-likeness (QED) is 0.630. The number of rotatable bonds is 10. The van der Waals surface area contributed by atoms with Gasteiger partial charge in [-0.1, -0.05) is 12.1 Å². The number of anilines is 1. The molecule has 1 N–H and O–H groups in total. The third kappa shape index (κ3) is 6.56. The van der Waals surface area contributed by atoms with Crippen molar-refractivity contribution >= 4 is 21.6 Å². The predicted octanol–water partition coefficient (Wildman–Crippen LogP) is 2.05. The molecule has 0 bridgehead atoms. The van der Waals surface area contributed by atoms with Crippen molar-refractivity contribution in [1.82, 2.24) is 5.32 Å². The van der Waals surface area contributed by atoms with Crippen LogP contribution in [-0.2, 0) is 14.8 Å². The number of ether oxygens (including phenoxy) is 3. The van der Waals surface area contributed by atoms with E-state index in [9.17, 15) is 13.2 Å². The lowest BCUT2D eigenvalue weighted by Gasteiger charge is -2.24. The molecule has 0 spiro atoms. The molecule has 0 radical (unpaired) electrons. The first-order valence-electron chi connectivity index (χ1n) is 8.91. The van der Waals surface area contributed by atoms with Crippen LogP contribution in [-0.4, -0.2) is 54.0 Å². The van der Waals surface area contributed by atoms with Crippen molar-refractivity contribution in [3.05, 3.63) is 48.5 Å². The minimum absolute atomic E-state index is 0.228.